The summed E-state index contributed by atoms with van der Waals surface area (Å²) in [4.78, 5) is 43.6. The second kappa shape index (κ2) is 12.5. The van der Waals surface area contributed by atoms with Gasteiger partial charge < -0.3 is 24.6 Å². The van der Waals surface area contributed by atoms with Crippen molar-refractivity contribution in [3.8, 4) is 0 Å². The zero-order valence-electron chi connectivity index (χ0n) is 22.8. The summed E-state index contributed by atoms with van der Waals surface area (Å²) in [7, 11) is 0. The fraction of sp³-hybridized carbons (Fsp3) is 0.483. The Hall–Kier alpha value is -3.86. The summed E-state index contributed by atoms with van der Waals surface area (Å²) in [6.07, 6.45) is 0.485. The number of halogens is 1. The minimum absolute atomic E-state index is 0.199. The van der Waals surface area contributed by atoms with E-state index in [9.17, 15) is 14.4 Å². The summed E-state index contributed by atoms with van der Waals surface area (Å²) >= 11 is 0. The number of nitrogens with zero attached hydrogens (tertiary/aromatic N) is 4. The molecule has 3 fully saturated rings. The lowest BCUT2D eigenvalue weighted by atomic mass is 10.0. The zero-order chi connectivity index (χ0) is 28.1. The smallest absolute Gasteiger partial charge is 0.414 e. The number of nitrogens with one attached hydrogen (secondary N) is 1. The third-order valence-electron chi connectivity index (χ3n) is 7.79. The highest BCUT2D eigenvalue weighted by atomic mass is 19.1. The van der Waals surface area contributed by atoms with Gasteiger partial charge in [-0.15, -0.1) is 0 Å². The van der Waals surface area contributed by atoms with Crippen molar-refractivity contribution in [1.29, 1.82) is 0 Å². The number of piperidine rings is 1. The molecule has 40 heavy (non-hydrogen) atoms. The molecule has 0 spiro atoms. The van der Waals surface area contributed by atoms with Crippen LogP contribution in [-0.2, 0) is 20.9 Å². The maximum Gasteiger partial charge on any atom is 0.414 e. The van der Waals surface area contributed by atoms with Crippen molar-refractivity contribution >= 4 is 29.5 Å². The molecule has 3 aliphatic heterocycles. The van der Waals surface area contributed by atoms with E-state index < -0.39 is 12.2 Å². The summed E-state index contributed by atoms with van der Waals surface area (Å²) in [6.45, 7) is 6.50. The van der Waals surface area contributed by atoms with Gasteiger partial charge in [0.25, 0.3) is 0 Å². The number of carbonyl (C=O) groups is 3. The van der Waals surface area contributed by atoms with Gasteiger partial charge in [0.2, 0.25) is 5.91 Å². The van der Waals surface area contributed by atoms with Crippen molar-refractivity contribution in [2.75, 3.05) is 62.2 Å². The quantitative estimate of drug-likeness (QED) is 0.563. The number of carbonyl (C=O) groups excluding carboxylic acids is 3. The molecule has 1 unspecified atom stereocenters. The van der Waals surface area contributed by atoms with Crippen LogP contribution in [-0.4, -0.2) is 92.4 Å². The Bertz CT molecular complexity index is 1200. The Kier molecular flexibility index (Phi) is 8.69. The highest BCUT2D eigenvalue weighted by Crippen LogP contribution is 2.29. The summed E-state index contributed by atoms with van der Waals surface area (Å²) in [6, 6.07) is 14.9. The molecule has 0 bridgehead atoms. The normalized spacial score (nSPS) is 20.4. The first-order valence-corrected chi connectivity index (χ1v) is 13.8. The highest BCUT2D eigenvalue weighted by Gasteiger charge is 2.34. The molecule has 0 saturated carbocycles. The molecule has 0 radical (unpaired) electrons. The van der Waals surface area contributed by atoms with Crippen LogP contribution >= 0.6 is 0 Å². The van der Waals surface area contributed by atoms with Crippen molar-refractivity contribution in [3.05, 3.63) is 59.9 Å². The molecule has 2 aromatic rings. The molecule has 10 nitrogen and oxygen atoms in total. The number of rotatable bonds is 7. The van der Waals surface area contributed by atoms with Gasteiger partial charge in [-0.05, 0) is 36.6 Å². The molecule has 0 aliphatic carbocycles. The highest BCUT2D eigenvalue weighted by molar-refractivity contribution is 5.90. The van der Waals surface area contributed by atoms with E-state index in [1.165, 1.54) is 17.9 Å². The van der Waals surface area contributed by atoms with Crippen molar-refractivity contribution in [3.63, 3.8) is 0 Å². The van der Waals surface area contributed by atoms with E-state index in [0.717, 1.165) is 31.5 Å². The SMILES string of the molecule is CC(=O)NCC1CN(c2ccc(N3CCN(C4CCN(C(=O)OCc5ccccc5)CC4)CC3)c(F)c2)C(=O)O1. The molecule has 3 heterocycles. The molecule has 3 amide bonds. The van der Waals surface area contributed by atoms with Crippen LogP contribution < -0.4 is 15.1 Å². The van der Waals surface area contributed by atoms with Crippen LogP contribution in [0.5, 0.6) is 0 Å². The number of anilines is 2. The number of piperazine rings is 1. The van der Waals surface area contributed by atoms with Crippen LogP contribution in [0, 0.1) is 5.82 Å². The van der Waals surface area contributed by atoms with Crippen LogP contribution in [0.15, 0.2) is 48.5 Å². The molecule has 3 saturated heterocycles. The Morgan fingerprint density at radius 2 is 1.75 bits per heavy atom. The second-order valence-electron chi connectivity index (χ2n) is 10.5. The van der Waals surface area contributed by atoms with E-state index in [1.54, 1.807) is 17.0 Å². The summed E-state index contributed by atoms with van der Waals surface area (Å²) < 4.78 is 25.9. The molecular weight excluding hydrogens is 517 g/mol. The third-order valence-corrected chi connectivity index (χ3v) is 7.79. The lowest BCUT2D eigenvalue weighted by Crippen LogP contribution is -2.54. The lowest BCUT2D eigenvalue weighted by Gasteiger charge is -2.43. The fourth-order valence-corrected chi connectivity index (χ4v) is 5.57. The molecule has 2 aromatic carbocycles. The fourth-order valence-electron chi connectivity index (χ4n) is 5.57. The van der Waals surface area contributed by atoms with Gasteiger partial charge in [-0.1, -0.05) is 30.3 Å². The van der Waals surface area contributed by atoms with E-state index in [2.05, 4.69) is 10.2 Å². The van der Waals surface area contributed by atoms with E-state index in [4.69, 9.17) is 9.47 Å². The molecule has 1 N–H and O–H groups in total. The average Bonchev–Trinajstić information content (AvgIpc) is 3.36. The monoisotopic (exact) mass is 553 g/mol. The van der Waals surface area contributed by atoms with Crippen molar-refractivity contribution in [1.82, 2.24) is 15.1 Å². The third kappa shape index (κ3) is 6.64. The van der Waals surface area contributed by atoms with Gasteiger partial charge in [0.15, 0.2) is 0 Å². The van der Waals surface area contributed by atoms with E-state index in [0.29, 0.717) is 43.6 Å². The zero-order valence-corrected chi connectivity index (χ0v) is 22.8. The number of amides is 3. The van der Waals surface area contributed by atoms with Crippen LogP contribution in [0.25, 0.3) is 0 Å². The van der Waals surface area contributed by atoms with Crippen molar-refractivity contribution < 1.29 is 28.2 Å². The van der Waals surface area contributed by atoms with E-state index >= 15 is 4.39 Å². The maximum atomic E-state index is 15.2. The van der Waals surface area contributed by atoms with E-state index in [-0.39, 0.29) is 37.5 Å². The number of cyclic esters (lactones) is 1. The number of hydrogen-bond acceptors (Lipinski definition) is 7. The standard InChI is InChI=1S/C29H36FN5O5/c1-21(36)31-18-25-19-35(29(38)40-25)24-7-8-27(26(30)17-24)33-15-13-32(14-16-33)23-9-11-34(12-10-23)28(37)39-20-22-5-3-2-4-6-22/h2-8,17,23,25H,9-16,18-20H2,1H3,(H,31,36). The Morgan fingerprint density at radius 1 is 1.02 bits per heavy atom. The first-order valence-electron chi connectivity index (χ1n) is 13.8. The minimum atomic E-state index is -0.549. The Balaban J connectivity index is 1.07. The number of likely N-dealkylation sites (tertiary alicyclic amines) is 1. The van der Waals surface area contributed by atoms with Crippen molar-refractivity contribution in [2.45, 2.75) is 38.5 Å². The molecular formula is C29H36FN5O5. The van der Waals surface area contributed by atoms with Gasteiger partial charge in [0.1, 0.15) is 18.5 Å². The molecule has 0 aromatic heterocycles. The van der Waals surface area contributed by atoms with Crippen LogP contribution in [0.4, 0.5) is 25.4 Å². The number of ether oxygens (including phenoxy) is 2. The van der Waals surface area contributed by atoms with Gasteiger partial charge in [-0.3, -0.25) is 14.6 Å². The predicted molar refractivity (Wildman–Crippen MR) is 148 cm³/mol. The molecule has 5 rings (SSSR count). The largest absolute Gasteiger partial charge is 0.445 e. The maximum absolute atomic E-state index is 15.2. The molecule has 3 aliphatic rings. The summed E-state index contributed by atoms with van der Waals surface area (Å²) in [5.41, 5.74) is 1.92. The minimum Gasteiger partial charge on any atom is -0.445 e. The molecule has 11 heteroatoms. The van der Waals surface area contributed by atoms with Crippen molar-refractivity contribution in [2.24, 2.45) is 0 Å². The number of benzene rings is 2. The summed E-state index contributed by atoms with van der Waals surface area (Å²) in [5, 5.41) is 2.64. The first-order chi connectivity index (χ1) is 19.4. The lowest BCUT2D eigenvalue weighted by molar-refractivity contribution is -0.119. The summed E-state index contributed by atoms with van der Waals surface area (Å²) in [5.74, 6) is -0.582. The Labute approximate surface area is 233 Å². The van der Waals surface area contributed by atoms with Crippen LogP contribution in [0.1, 0.15) is 25.3 Å². The average molecular weight is 554 g/mol. The number of hydrogen-bond donors (Lipinski definition) is 1. The molecule has 214 valence electrons. The van der Waals surface area contributed by atoms with Crippen LogP contribution in [0.3, 0.4) is 0 Å². The van der Waals surface area contributed by atoms with Gasteiger partial charge in [0.05, 0.1) is 24.5 Å². The first kappa shape index (κ1) is 27.7. The van der Waals surface area contributed by atoms with E-state index in [1.807, 2.05) is 35.2 Å². The van der Waals surface area contributed by atoms with Gasteiger partial charge >= 0.3 is 12.2 Å². The molecule has 1 atom stereocenters. The Morgan fingerprint density at radius 3 is 2.42 bits per heavy atom. The second-order valence-corrected chi connectivity index (χ2v) is 10.5. The van der Waals surface area contributed by atoms with Gasteiger partial charge in [-0.25, -0.2) is 14.0 Å². The van der Waals surface area contributed by atoms with Gasteiger partial charge in [-0.2, -0.15) is 0 Å². The van der Waals surface area contributed by atoms with Crippen LogP contribution in [0.2, 0.25) is 0 Å². The topological polar surface area (TPSA) is 94.7 Å². The van der Waals surface area contributed by atoms with Gasteiger partial charge in [0, 0.05) is 52.2 Å². The predicted octanol–water partition coefficient (Wildman–Crippen LogP) is 3.21.